The van der Waals surface area contributed by atoms with Gasteiger partial charge in [-0.2, -0.15) is 0 Å². The molecule has 3 aliphatic rings. The summed E-state index contributed by atoms with van der Waals surface area (Å²) in [5.74, 6) is 0.402. The number of carbonyl (C=O) groups excluding carboxylic acids is 1. The zero-order valence-corrected chi connectivity index (χ0v) is 26.7. The van der Waals surface area contributed by atoms with E-state index in [1.165, 1.54) is 22.1 Å². The molecule has 3 heterocycles. The second-order valence-electron chi connectivity index (χ2n) is 12.6. The Morgan fingerprint density at radius 1 is 1.02 bits per heavy atom. The lowest BCUT2D eigenvalue weighted by Crippen LogP contribution is -2.48. The van der Waals surface area contributed by atoms with Crippen molar-refractivity contribution in [2.75, 3.05) is 39.8 Å². The Morgan fingerprint density at radius 3 is 2.60 bits per heavy atom. The first-order valence-corrected chi connectivity index (χ1v) is 16.2. The van der Waals surface area contributed by atoms with Crippen LogP contribution in [0.2, 0.25) is 10.0 Å². The molecule has 45 heavy (non-hydrogen) atoms. The van der Waals surface area contributed by atoms with Crippen molar-refractivity contribution in [1.29, 1.82) is 0 Å². The summed E-state index contributed by atoms with van der Waals surface area (Å²) in [5, 5.41) is 23.6. The van der Waals surface area contributed by atoms with Crippen molar-refractivity contribution in [3.05, 3.63) is 99.3 Å². The minimum atomic E-state index is -0.328. The second kappa shape index (κ2) is 12.0. The number of ether oxygens (including phenoxy) is 1. The maximum Gasteiger partial charge on any atom is 0.257 e. The summed E-state index contributed by atoms with van der Waals surface area (Å²) in [4.78, 5) is 18.5. The molecular formula is C34H36Cl2N6O3. The number of rotatable bonds is 7. The molecule has 1 N–H and O–H groups in total. The number of fused-ring (bicyclic) bond motifs is 2. The summed E-state index contributed by atoms with van der Waals surface area (Å²) in [5.41, 5.74) is 4.40. The van der Waals surface area contributed by atoms with Crippen LogP contribution >= 0.6 is 23.2 Å². The molecule has 1 aromatic heterocycles. The summed E-state index contributed by atoms with van der Waals surface area (Å²) in [6.07, 6.45) is 5.45. The van der Waals surface area contributed by atoms with Crippen LogP contribution in [-0.2, 0) is 17.3 Å². The minimum absolute atomic E-state index is 0.0995. The molecule has 234 valence electrons. The quantitative estimate of drug-likeness (QED) is 0.298. The zero-order chi connectivity index (χ0) is 31.2. The molecule has 2 fully saturated rings. The number of aromatic nitrogens is 4. The van der Waals surface area contributed by atoms with Gasteiger partial charge in [0.25, 0.3) is 5.91 Å². The van der Waals surface area contributed by atoms with Gasteiger partial charge in [0.1, 0.15) is 12.1 Å². The molecule has 1 aliphatic carbocycles. The number of nitrogens with zero attached hydrogens (tertiary/aromatic N) is 6. The number of methoxy groups -OCH3 is 1. The van der Waals surface area contributed by atoms with Gasteiger partial charge < -0.3 is 19.6 Å². The average molecular weight is 648 g/mol. The summed E-state index contributed by atoms with van der Waals surface area (Å²) >= 11 is 12.9. The van der Waals surface area contributed by atoms with Gasteiger partial charge in [0.2, 0.25) is 0 Å². The van der Waals surface area contributed by atoms with E-state index in [1.807, 2.05) is 23.1 Å². The molecule has 11 heteroatoms. The minimum Gasteiger partial charge on any atom is -0.496 e. The van der Waals surface area contributed by atoms with Crippen molar-refractivity contribution in [2.45, 2.75) is 49.0 Å². The highest BCUT2D eigenvalue weighted by Crippen LogP contribution is 2.47. The van der Waals surface area contributed by atoms with Crippen LogP contribution in [0.4, 0.5) is 0 Å². The fraction of sp³-hybridized carbons (Fsp3) is 0.412. The van der Waals surface area contributed by atoms with Crippen molar-refractivity contribution in [3.8, 4) is 11.4 Å². The topological polar surface area (TPSA) is 96.6 Å². The number of benzene rings is 3. The third-order valence-electron chi connectivity index (χ3n) is 10.5. The number of amides is 1. The molecular weight excluding hydrogens is 611 g/mol. The Bertz CT molecular complexity index is 1710. The van der Waals surface area contributed by atoms with Gasteiger partial charge in [-0.25, -0.2) is 4.68 Å². The molecule has 3 aromatic carbocycles. The Labute approximate surface area is 272 Å². The van der Waals surface area contributed by atoms with Gasteiger partial charge in [0.15, 0.2) is 0 Å². The lowest BCUT2D eigenvalue weighted by atomic mass is 9.72. The standard InChI is InChI=1S/C34H36Cl2N6O3/c1-45-30-9-7-25(42-22-37-38-39-42)20-26(30)32(44)41-17-11-33(21-41,24-6-8-28(35)29(36)19-24)10-14-40-15-12-34(13-16-40)27-5-3-2-4-23(27)18-31(34)43/h2-9,19-20,22,31,43H,10-18,21H2,1H3/t31-,33-/m0/s1. The number of aliphatic hydroxyl groups is 1. The average Bonchev–Trinajstić information content (AvgIpc) is 3.82. The number of likely N-dealkylation sites (tertiary alicyclic amines) is 2. The fourth-order valence-corrected chi connectivity index (χ4v) is 8.13. The van der Waals surface area contributed by atoms with Gasteiger partial charge in [-0.05, 0) is 109 Å². The van der Waals surface area contributed by atoms with Gasteiger partial charge in [-0.1, -0.05) is 53.5 Å². The van der Waals surface area contributed by atoms with Crippen molar-refractivity contribution in [3.63, 3.8) is 0 Å². The van der Waals surface area contributed by atoms with Crippen LogP contribution in [-0.4, -0.2) is 87.0 Å². The van der Waals surface area contributed by atoms with Crippen LogP contribution in [0.15, 0.2) is 67.0 Å². The highest BCUT2D eigenvalue weighted by molar-refractivity contribution is 6.42. The predicted octanol–water partition coefficient (Wildman–Crippen LogP) is 5.10. The number of carbonyl (C=O) groups is 1. The van der Waals surface area contributed by atoms with Gasteiger partial charge in [0.05, 0.1) is 34.5 Å². The van der Waals surface area contributed by atoms with Gasteiger partial charge in [0, 0.05) is 23.9 Å². The highest BCUT2D eigenvalue weighted by Gasteiger charge is 2.48. The molecule has 1 amide bonds. The molecule has 0 saturated carbocycles. The van der Waals surface area contributed by atoms with Crippen LogP contribution in [0, 0.1) is 0 Å². The number of hydrogen-bond donors (Lipinski definition) is 1. The smallest absolute Gasteiger partial charge is 0.257 e. The van der Waals surface area contributed by atoms with Gasteiger partial charge in [-0.15, -0.1) is 5.10 Å². The molecule has 0 bridgehead atoms. The Hall–Kier alpha value is -3.50. The second-order valence-corrected chi connectivity index (χ2v) is 13.5. The molecule has 2 saturated heterocycles. The van der Waals surface area contributed by atoms with E-state index < -0.39 is 0 Å². The maximum atomic E-state index is 14.1. The van der Waals surface area contributed by atoms with Crippen molar-refractivity contribution >= 4 is 29.1 Å². The van der Waals surface area contributed by atoms with Crippen molar-refractivity contribution in [2.24, 2.45) is 0 Å². The van der Waals surface area contributed by atoms with E-state index >= 15 is 0 Å². The number of halogens is 2. The SMILES string of the molecule is COc1ccc(-n2cnnn2)cc1C(=O)N1CC[C@](CCN2CCC3(CC2)c2ccccc2C[C@@H]3O)(c2ccc(Cl)c(Cl)c2)C1. The van der Waals surface area contributed by atoms with E-state index in [0.717, 1.165) is 57.3 Å². The molecule has 4 aromatic rings. The maximum absolute atomic E-state index is 14.1. The van der Waals surface area contributed by atoms with E-state index in [-0.39, 0.29) is 22.8 Å². The predicted molar refractivity (Wildman–Crippen MR) is 172 cm³/mol. The molecule has 1 spiro atoms. The van der Waals surface area contributed by atoms with Crippen LogP contribution in [0.5, 0.6) is 5.75 Å². The molecule has 2 aliphatic heterocycles. The molecule has 0 radical (unpaired) electrons. The van der Waals surface area contributed by atoms with Crippen LogP contribution in [0.1, 0.15) is 52.7 Å². The first-order valence-electron chi connectivity index (χ1n) is 15.5. The molecule has 0 unspecified atom stereocenters. The van der Waals surface area contributed by atoms with Crippen molar-refractivity contribution < 1.29 is 14.6 Å². The first kappa shape index (κ1) is 30.2. The summed E-state index contributed by atoms with van der Waals surface area (Å²) < 4.78 is 7.11. The number of piperidine rings is 1. The van der Waals surface area contributed by atoms with E-state index in [9.17, 15) is 9.90 Å². The fourth-order valence-electron chi connectivity index (χ4n) is 7.83. The Balaban J connectivity index is 1.11. The third kappa shape index (κ3) is 5.39. The monoisotopic (exact) mass is 646 g/mol. The summed E-state index contributed by atoms with van der Waals surface area (Å²) in [6.45, 7) is 3.88. The molecule has 9 nitrogen and oxygen atoms in total. The van der Waals surface area contributed by atoms with Gasteiger partial charge >= 0.3 is 0 Å². The van der Waals surface area contributed by atoms with E-state index in [1.54, 1.807) is 19.2 Å². The molecule has 7 rings (SSSR count). The highest BCUT2D eigenvalue weighted by atomic mass is 35.5. The van der Waals surface area contributed by atoms with E-state index in [0.29, 0.717) is 40.1 Å². The first-order chi connectivity index (χ1) is 21.8. The van der Waals surface area contributed by atoms with Crippen LogP contribution in [0.3, 0.4) is 0 Å². The zero-order valence-electron chi connectivity index (χ0n) is 25.2. The Morgan fingerprint density at radius 2 is 1.84 bits per heavy atom. The Kier molecular flexibility index (Phi) is 8.06. The van der Waals surface area contributed by atoms with Crippen LogP contribution < -0.4 is 4.74 Å². The van der Waals surface area contributed by atoms with E-state index in [4.69, 9.17) is 27.9 Å². The number of tetrazole rings is 1. The van der Waals surface area contributed by atoms with Gasteiger partial charge in [-0.3, -0.25) is 4.79 Å². The van der Waals surface area contributed by atoms with Crippen LogP contribution in [0.25, 0.3) is 5.69 Å². The number of aliphatic hydroxyl groups excluding tert-OH is 1. The third-order valence-corrected chi connectivity index (χ3v) is 11.2. The normalized spacial score (nSPS) is 22.6. The summed E-state index contributed by atoms with van der Waals surface area (Å²) in [6, 6.07) is 19.8. The lowest BCUT2D eigenvalue weighted by molar-refractivity contribution is 0.0414. The van der Waals surface area contributed by atoms with E-state index in [2.05, 4.69) is 50.8 Å². The largest absolute Gasteiger partial charge is 0.496 e. The van der Waals surface area contributed by atoms with Crippen molar-refractivity contribution in [1.82, 2.24) is 30.0 Å². The molecule has 2 atom stereocenters. The number of hydrogen-bond acceptors (Lipinski definition) is 7. The lowest BCUT2D eigenvalue weighted by Gasteiger charge is -2.43. The summed E-state index contributed by atoms with van der Waals surface area (Å²) in [7, 11) is 1.57.